The van der Waals surface area contributed by atoms with Crippen molar-refractivity contribution in [2.24, 2.45) is 0 Å². The summed E-state index contributed by atoms with van der Waals surface area (Å²) in [6.45, 7) is -0.930. The van der Waals surface area contributed by atoms with E-state index in [1.807, 2.05) is 0 Å². The molecule has 0 saturated carbocycles. The van der Waals surface area contributed by atoms with Crippen LogP contribution in [0.15, 0.2) is 0 Å². The average Bonchev–Trinajstić information content (AvgIpc) is 2.22. The second-order valence-electron chi connectivity index (χ2n) is 3.21. The molecule has 0 aromatic carbocycles. The summed E-state index contributed by atoms with van der Waals surface area (Å²) in [5.74, 6) is 0. The SMILES string of the molecule is O=P(O)(O)OC(O)[C@H](O)[C@@H](O)[C@H](O)[C@H](O)CO.[CaH2].[CaH2]. The minimum atomic E-state index is -5.09. The van der Waals surface area contributed by atoms with E-state index in [2.05, 4.69) is 4.52 Å². The Morgan fingerprint density at radius 3 is 1.63 bits per heavy atom. The monoisotopic (exact) mass is 362 g/mol. The van der Waals surface area contributed by atoms with Gasteiger partial charge in [0.1, 0.15) is 24.4 Å². The molecule has 19 heavy (non-hydrogen) atoms. The van der Waals surface area contributed by atoms with Gasteiger partial charge in [-0.15, -0.1) is 0 Å². The van der Waals surface area contributed by atoms with Crippen molar-refractivity contribution in [2.45, 2.75) is 30.7 Å². The fourth-order valence-electron chi connectivity index (χ4n) is 0.909. The van der Waals surface area contributed by atoms with Crippen LogP contribution in [0.1, 0.15) is 0 Å². The third-order valence-electron chi connectivity index (χ3n) is 1.82. The van der Waals surface area contributed by atoms with E-state index in [0.717, 1.165) is 0 Å². The van der Waals surface area contributed by atoms with Crippen LogP contribution < -0.4 is 0 Å². The van der Waals surface area contributed by atoms with Gasteiger partial charge < -0.3 is 40.4 Å². The standard InChI is InChI=1S/C6H15O10P.2Ca.4H/c7-1-2(8)3(9)4(10)5(11)6(12)16-17(13,14)15;;;;;;/h2-12H,1H2,(H2,13,14,15);;;;;;/t2-,3-,4+,5-,6?;;;;;;/m1....../s1. The van der Waals surface area contributed by atoms with Gasteiger partial charge in [0.2, 0.25) is 0 Å². The first-order valence-electron chi connectivity index (χ1n) is 4.35. The molecule has 0 aromatic heterocycles. The Hall–Kier alpha value is 2.39. The van der Waals surface area contributed by atoms with Crippen molar-refractivity contribution in [3.63, 3.8) is 0 Å². The fourth-order valence-corrected chi connectivity index (χ4v) is 1.32. The first-order chi connectivity index (χ1) is 7.60. The minimum absolute atomic E-state index is 0. The fraction of sp³-hybridized carbons (Fsp3) is 1.00. The molecule has 112 valence electrons. The van der Waals surface area contributed by atoms with E-state index in [1.54, 1.807) is 0 Å². The quantitative estimate of drug-likeness (QED) is 0.123. The predicted molar refractivity (Wildman–Crippen MR) is 67.3 cm³/mol. The van der Waals surface area contributed by atoms with E-state index in [-0.39, 0.29) is 75.5 Å². The molecule has 0 aromatic rings. The van der Waals surface area contributed by atoms with Crippen LogP contribution in [0.5, 0.6) is 0 Å². The summed E-state index contributed by atoms with van der Waals surface area (Å²) >= 11 is 0. The summed E-state index contributed by atoms with van der Waals surface area (Å²) in [5.41, 5.74) is 0. The average molecular weight is 362 g/mol. The van der Waals surface area contributed by atoms with Gasteiger partial charge in [-0.2, -0.15) is 0 Å². The second-order valence-corrected chi connectivity index (χ2v) is 4.40. The Morgan fingerprint density at radius 2 is 1.32 bits per heavy atom. The molecule has 0 aliphatic rings. The van der Waals surface area contributed by atoms with Gasteiger partial charge in [-0.1, -0.05) is 0 Å². The van der Waals surface area contributed by atoms with Crippen LogP contribution in [0.25, 0.3) is 0 Å². The predicted octanol–water partition coefficient (Wildman–Crippen LogP) is -5.98. The molecule has 13 heteroatoms. The van der Waals surface area contributed by atoms with Crippen LogP contribution in [-0.2, 0) is 9.09 Å². The third-order valence-corrected chi connectivity index (χ3v) is 2.31. The number of hydrogen-bond donors (Lipinski definition) is 8. The number of phosphoric acid groups is 1. The van der Waals surface area contributed by atoms with Gasteiger partial charge in [0.05, 0.1) is 6.61 Å². The van der Waals surface area contributed by atoms with Crippen LogP contribution in [0.3, 0.4) is 0 Å². The van der Waals surface area contributed by atoms with Crippen LogP contribution in [0, 0.1) is 0 Å². The first-order valence-corrected chi connectivity index (χ1v) is 5.88. The molecule has 5 atom stereocenters. The van der Waals surface area contributed by atoms with Crippen molar-refractivity contribution in [3.05, 3.63) is 0 Å². The molecule has 1 unspecified atom stereocenters. The normalized spacial score (nSPS) is 19.4. The van der Waals surface area contributed by atoms with Gasteiger partial charge in [0.15, 0.2) is 6.29 Å². The van der Waals surface area contributed by atoms with Crippen molar-refractivity contribution in [1.82, 2.24) is 0 Å². The third kappa shape index (κ3) is 10.7. The molecule has 0 rings (SSSR count). The molecule has 0 heterocycles. The van der Waals surface area contributed by atoms with Crippen molar-refractivity contribution in [2.75, 3.05) is 6.61 Å². The van der Waals surface area contributed by atoms with Crippen LogP contribution in [-0.4, -0.2) is 153 Å². The summed E-state index contributed by atoms with van der Waals surface area (Å²) in [5, 5.41) is 53.8. The van der Waals surface area contributed by atoms with E-state index < -0.39 is 45.1 Å². The van der Waals surface area contributed by atoms with E-state index in [0.29, 0.717) is 0 Å². The van der Waals surface area contributed by atoms with Crippen LogP contribution in [0.4, 0.5) is 0 Å². The molecule has 0 radical (unpaired) electrons. The Bertz CT molecular complexity index is 275. The van der Waals surface area contributed by atoms with E-state index >= 15 is 0 Å². The summed E-state index contributed by atoms with van der Waals surface area (Å²) in [7, 11) is -5.09. The maximum absolute atomic E-state index is 10.3. The Balaban J connectivity index is -0.00000128. The Kier molecular flexibility index (Phi) is 16.5. The van der Waals surface area contributed by atoms with Gasteiger partial charge in [-0.3, -0.25) is 4.52 Å². The van der Waals surface area contributed by atoms with Gasteiger partial charge in [-0.05, 0) is 0 Å². The molecular weight excluding hydrogens is 343 g/mol. The van der Waals surface area contributed by atoms with Gasteiger partial charge in [-0.25, -0.2) is 4.57 Å². The summed E-state index contributed by atoms with van der Waals surface area (Å²) in [6.07, 6.45) is -10.8. The van der Waals surface area contributed by atoms with Crippen molar-refractivity contribution >= 4 is 83.3 Å². The number of aliphatic hydroxyl groups excluding tert-OH is 6. The van der Waals surface area contributed by atoms with Crippen molar-refractivity contribution in [1.29, 1.82) is 0 Å². The Morgan fingerprint density at radius 1 is 0.895 bits per heavy atom. The van der Waals surface area contributed by atoms with E-state index in [1.165, 1.54) is 0 Å². The molecule has 10 nitrogen and oxygen atoms in total. The molecule has 0 fully saturated rings. The van der Waals surface area contributed by atoms with Gasteiger partial charge in [0, 0.05) is 0 Å². The van der Waals surface area contributed by atoms with E-state index in [9.17, 15) is 9.67 Å². The van der Waals surface area contributed by atoms with Crippen LogP contribution in [0.2, 0.25) is 0 Å². The Labute approximate surface area is 168 Å². The van der Waals surface area contributed by atoms with E-state index in [4.69, 9.17) is 35.3 Å². The van der Waals surface area contributed by atoms with Gasteiger partial charge in [0.25, 0.3) is 0 Å². The summed E-state index contributed by atoms with van der Waals surface area (Å²) in [4.78, 5) is 16.6. The molecule has 0 spiro atoms. The zero-order valence-corrected chi connectivity index (χ0v) is 9.33. The number of phosphoric ester groups is 1. The molecule has 0 bridgehead atoms. The zero-order valence-electron chi connectivity index (χ0n) is 8.44. The number of aliphatic hydroxyl groups is 6. The number of rotatable bonds is 7. The van der Waals surface area contributed by atoms with Crippen molar-refractivity contribution < 1.29 is 49.5 Å². The molecular formula is C6H19Ca2O10P. The topological polar surface area (TPSA) is 188 Å². The molecule has 0 aliphatic heterocycles. The second kappa shape index (κ2) is 11.9. The zero-order chi connectivity index (χ0) is 13.8. The summed E-state index contributed by atoms with van der Waals surface area (Å²) < 4.78 is 13.9. The molecule has 0 aliphatic carbocycles. The molecule has 0 saturated heterocycles. The first kappa shape index (κ1) is 26.3. The number of hydrogen-bond acceptors (Lipinski definition) is 8. The molecule has 8 N–H and O–H groups in total. The molecule has 0 amide bonds. The van der Waals surface area contributed by atoms with Gasteiger partial charge >= 0.3 is 83.3 Å². The van der Waals surface area contributed by atoms with Crippen molar-refractivity contribution in [3.8, 4) is 0 Å². The van der Waals surface area contributed by atoms with Crippen LogP contribution >= 0.6 is 7.82 Å². The summed E-state index contributed by atoms with van der Waals surface area (Å²) in [6, 6.07) is 0. The maximum atomic E-state index is 10.3.